The molecule has 3 atom stereocenters. The van der Waals surface area contributed by atoms with Crippen LogP contribution in [0.4, 0.5) is 13.2 Å². The van der Waals surface area contributed by atoms with Gasteiger partial charge in [-0.1, -0.05) is 24.3 Å². The molecule has 174 valence electrons. The van der Waals surface area contributed by atoms with E-state index in [-0.39, 0.29) is 17.5 Å². The number of fused-ring (bicyclic) bond motifs is 1. The zero-order valence-electron chi connectivity index (χ0n) is 17.9. The number of nitrogens with one attached hydrogen (secondary N) is 1. The maximum atomic E-state index is 13.4. The molecule has 1 saturated heterocycles. The number of carboxylic acid groups (broad SMARTS) is 1. The Labute approximate surface area is 189 Å². The highest BCUT2D eigenvalue weighted by atomic mass is 19.4. The van der Waals surface area contributed by atoms with Crippen molar-refractivity contribution in [3.8, 4) is 0 Å². The van der Waals surface area contributed by atoms with Crippen LogP contribution in [-0.4, -0.2) is 34.0 Å². The summed E-state index contributed by atoms with van der Waals surface area (Å²) in [5, 5.41) is 12.3. The molecule has 8 heteroatoms. The maximum Gasteiger partial charge on any atom is 0.416 e. The first-order valence-electron chi connectivity index (χ1n) is 11.2. The molecule has 5 nitrogen and oxygen atoms in total. The smallest absolute Gasteiger partial charge is 0.416 e. The van der Waals surface area contributed by atoms with E-state index >= 15 is 0 Å². The number of nitrogens with zero attached hydrogens (tertiary/aromatic N) is 1. The molecule has 0 radical (unpaired) electrons. The first-order valence-corrected chi connectivity index (χ1v) is 11.2. The van der Waals surface area contributed by atoms with Crippen LogP contribution in [0.25, 0.3) is 0 Å². The largest absolute Gasteiger partial charge is 0.478 e. The van der Waals surface area contributed by atoms with Gasteiger partial charge in [0.1, 0.15) is 0 Å². The third kappa shape index (κ3) is 4.36. The molecule has 0 spiro atoms. The summed E-state index contributed by atoms with van der Waals surface area (Å²) in [6, 6.07) is 11.8. The Morgan fingerprint density at radius 1 is 1.03 bits per heavy atom. The molecule has 2 N–H and O–H groups in total. The first-order chi connectivity index (χ1) is 15.7. The second-order valence-electron chi connectivity index (χ2n) is 9.48. The Bertz CT molecular complexity index is 1060. The highest BCUT2D eigenvalue weighted by molar-refractivity contribution is 5.87. The molecule has 2 aromatic carbocycles. The van der Waals surface area contributed by atoms with Crippen LogP contribution in [0, 0.1) is 5.92 Å². The third-order valence-corrected chi connectivity index (χ3v) is 7.27. The Kier molecular flexibility index (Phi) is 5.23. The van der Waals surface area contributed by atoms with Crippen molar-refractivity contribution >= 4 is 11.9 Å². The van der Waals surface area contributed by atoms with Crippen molar-refractivity contribution in [1.29, 1.82) is 0 Å². The van der Waals surface area contributed by atoms with Crippen LogP contribution in [0.1, 0.15) is 59.2 Å². The number of amides is 1. The number of carboxylic acids is 1. The van der Waals surface area contributed by atoms with Crippen molar-refractivity contribution in [3.63, 3.8) is 0 Å². The third-order valence-electron chi connectivity index (χ3n) is 7.27. The van der Waals surface area contributed by atoms with Gasteiger partial charge in [-0.05, 0) is 73.4 Å². The zero-order chi connectivity index (χ0) is 23.4. The van der Waals surface area contributed by atoms with E-state index < -0.39 is 23.2 Å². The second kappa shape index (κ2) is 7.87. The lowest BCUT2D eigenvalue weighted by Crippen LogP contribution is -2.52. The topological polar surface area (TPSA) is 69.6 Å². The number of hydrogen-bond acceptors (Lipinski definition) is 3. The number of likely N-dealkylation sites (tertiary alicyclic amines) is 1. The lowest BCUT2D eigenvalue weighted by molar-refractivity contribution is -0.137. The molecule has 2 aliphatic carbocycles. The number of alkyl halides is 3. The predicted molar refractivity (Wildman–Crippen MR) is 114 cm³/mol. The van der Waals surface area contributed by atoms with Crippen LogP contribution in [0.15, 0.2) is 48.5 Å². The Morgan fingerprint density at radius 2 is 1.70 bits per heavy atom. The molecule has 3 fully saturated rings. The number of piperidine rings is 1. The van der Waals surface area contributed by atoms with E-state index in [1.165, 1.54) is 12.1 Å². The molecule has 2 unspecified atom stereocenters. The van der Waals surface area contributed by atoms with Gasteiger partial charge in [-0.15, -0.1) is 0 Å². The quantitative estimate of drug-likeness (QED) is 0.666. The van der Waals surface area contributed by atoms with Gasteiger partial charge in [-0.25, -0.2) is 4.79 Å². The van der Waals surface area contributed by atoms with Gasteiger partial charge >= 0.3 is 12.1 Å². The fourth-order valence-corrected chi connectivity index (χ4v) is 5.10. The number of carbonyl (C=O) groups excluding carboxylic acids is 1. The van der Waals surface area contributed by atoms with Crippen LogP contribution in [-0.2, 0) is 23.1 Å². The van der Waals surface area contributed by atoms with Crippen molar-refractivity contribution in [2.24, 2.45) is 5.92 Å². The van der Waals surface area contributed by atoms with E-state index in [9.17, 15) is 22.8 Å². The molecule has 2 aromatic rings. The van der Waals surface area contributed by atoms with Gasteiger partial charge in [0, 0.05) is 12.6 Å². The summed E-state index contributed by atoms with van der Waals surface area (Å²) in [6.45, 7) is 0.442. The number of halogens is 3. The Morgan fingerprint density at radius 3 is 2.27 bits per heavy atom. The number of hydrogen-bond donors (Lipinski definition) is 2. The van der Waals surface area contributed by atoms with Crippen LogP contribution in [0.3, 0.4) is 0 Å². The van der Waals surface area contributed by atoms with Gasteiger partial charge in [0.2, 0.25) is 5.91 Å². The van der Waals surface area contributed by atoms with Crippen LogP contribution < -0.4 is 5.32 Å². The molecule has 33 heavy (non-hydrogen) atoms. The van der Waals surface area contributed by atoms with E-state index in [4.69, 9.17) is 5.11 Å². The number of benzene rings is 2. The highest BCUT2D eigenvalue weighted by Gasteiger charge is 2.52. The highest BCUT2D eigenvalue weighted by Crippen LogP contribution is 2.48. The van der Waals surface area contributed by atoms with Crippen molar-refractivity contribution in [2.45, 2.75) is 62.4 Å². The minimum Gasteiger partial charge on any atom is -0.478 e. The van der Waals surface area contributed by atoms with E-state index in [0.717, 1.165) is 55.4 Å². The predicted octanol–water partition coefficient (Wildman–Crippen LogP) is 4.56. The molecule has 0 aromatic heterocycles. The lowest BCUT2D eigenvalue weighted by Gasteiger charge is -2.36. The van der Waals surface area contributed by atoms with Gasteiger partial charge in [0.25, 0.3) is 0 Å². The van der Waals surface area contributed by atoms with Crippen molar-refractivity contribution in [1.82, 2.24) is 10.2 Å². The Balaban J connectivity index is 1.30. The fourth-order valence-electron chi connectivity index (χ4n) is 5.10. The van der Waals surface area contributed by atoms with E-state index in [0.29, 0.717) is 18.5 Å². The molecule has 0 bridgehead atoms. The summed E-state index contributed by atoms with van der Waals surface area (Å²) in [6.07, 6.45) is -0.0545. The monoisotopic (exact) mass is 458 g/mol. The summed E-state index contributed by atoms with van der Waals surface area (Å²) in [4.78, 5) is 26.6. The second-order valence-corrected chi connectivity index (χ2v) is 9.48. The first kappa shape index (κ1) is 21.9. The minimum absolute atomic E-state index is 0.0629. The maximum absolute atomic E-state index is 13.4. The summed E-state index contributed by atoms with van der Waals surface area (Å²) < 4.78 is 38.7. The van der Waals surface area contributed by atoms with Crippen LogP contribution in [0.5, 0.6) is 0 Å². The number of aromatic carboxylic acids is 1. The van der Waals surface area contributed by atoms with Gasteiger partial charge in [0.05, 0.1) is 22.7 Å². The summed E-state index contributed by atoms with van der Waals surface area (Å²) >= 11 is 0. The SMILES string of the molecule is O=C(O)c1ccc(C2(NC(=O)[C@H]3CCC4CC4N3Cc3ccc(C(F)(F)F)cc3)CC2)cc1. The number of carbonyl (C=O) groups is 2. The molecule has 1 heterocycles. The standard InChI is InChI=1S/C25H25F3N2O3/c26-25(27,28)19-6-1-15(2-7-19)14-30-20(10-5-17-13-21(17)30)22(31)29-24(11-12-24)18-8-3-16(4-9-18)23(32)33/h1-4,6-9,17,20-21H,5,10-14H2,(H,29,31)(H,32,33)/t17?,20-,21?/m1/s1. The van der Waals surface area contributed by atoms with Crippen LogP contribution >= 0.6 is 0 Å². The van der Waals surface area contributed by atoms with Gasteiger partial charge in [-0.3, -0.25) is 9.69 Å². The van der Waals surface area contributed by atoms with E-state index in [2.05, 4.69) is 10.2 Å². The van der Waals surface area contributed by atoms with E-state index in [1.54, 1.807) is 24.3 Å². The minimum atomic E-state index is -4.37. The molecular weight excluding hydrogens is 433 g/mol. The van der Waals surface area contributed by atoms with Crippen LogP contribution in [0.2, 0.25) is 0 Å². The molecule has 1 aliphatic heterocycles. The summed E-state index contributed by atoms with van der Waals surface area (Å²) in [7, 11) is 0. The normalized spacial score (nSPS) is 25.7. The van der Waals surface area contributed by atoms with E-state index in [1.807, 2.05) is 0 Å². The van der Waals surface area contributed by atoms with Gasteiger partial charge in [0.15, 0.2) is 0 Å². The summed E-state index contributed by atoms with van der Waals surface area (Å²) in [5.41, 5.74) is 0.729. The zero-order valence-corrected chi connectivity index (χ0v) is 17.9. The average molecular weight is 458 g/mol. The molecular formula is C25H25F3N2O3. The molecule has 2 saturated carbocycles. The van der Waals surface area contributed by atoms with Crippen molar-refractivity contribution < 1.29 is 27.9 Å². The van der Waals surface area contributed by atoms with Gasteiger partial charge < -0.3 is 10.4 Å². The lowest BCUT2D eigenvalue weighted by atomic mass is 9.98. The van der Waals surface area contributed by atoms with Gasteiger partial charge in [-0.2, -0.15) is 13.2 Å². The van der Waals surface area contributed by atoms with Crippen molar-refractivity contribution in [2.75, 3.05) is 0 Å². The molecule has 3 aliphatic rings. The summed E-state index contributed by atoms with van der Waals surface area (Å²) in [5.74, 6) is -0.496. The Hall–Kier alpha value is -2.87. The molecule has 5 rings (SSSR count). The van der Waals surface area contributed by atoms with Crippen molar-refractivity contribution in [3.05, 3.63) is 70.8 Å². The molecule has 1 amide bonds. The fraction of sp³-hybridized carbons (Fsp3) is 0.440. The number of rotatable bonds is 6. The average Bonchev–Trinajstić information content (AvgIpc) is 3.69.